The van der Waals surface area contributed by atoms with Crippen LogP contribution in [0.3, 0.4) is 0 Å². The third-order valence-electron chi connectivity index (χ3n) is 2.66. The number of amides is 1. The van der Waals surface area contributed by atoms with Gasteiger partial charge in [-0.2, -0.15) is 0 Å². The normalized spacial score (nSPS) is 23.6. The van der Waals surface area contributed by atoms with Crippen molar-refractivity contribution in [1.29, 1.82) is 0 Å². The van der Waals surface area contributed by atoms with E-state index in [0.29, 0.717) is 11.8 Å². The summed E-state index contributed by atoms with van der Waals surface area (Å²) in [6.45, 7) is 2.34. The number of carboxylic acids is 1. The van der Waals surface area contributed by atoms with Gasteiger partial charge < -0.3 is 14.7 Å². The van der Waals surface area contributed by atoms with Crippen LogP contribution in [0.1, 0.15) is 13.3 Å². The predicted octanol–water partition coefficient (Wildman–Crippen LogP) is 0.202. The lowest BCUT2D eigenvalue weighted by molar-refractivity contribution is -0.145. The summed E-state index contributed by atoms with van der Waals surface area (Å²) in [6.07, 6.45) is 1.17. The van der Waals surface area contributed by atoms with Crippen molar-refractivity contribution in [2.45, 2.75) is 13.3 Å². The molecule has 2 unspecified atom stereocenters. The highest BCUT2D eigenvalue weighted by Crippen LogP contribution is 2.37. The van der Waals surface area contributed by atoms with Gasteiger partial charge in [-0.25, -0.2) is 4.79 Å². The highest BCUT2D eigenvalue weighted by molar-refractivity contribution is 5.77. The van der Waals surface area contributed by atoms with Gasteiger partial charge >= 0.3 is 5.97 Å². The number of aliphatic carboxylic acids is 1. The van der Waals surface area contributed by atoms with E-state index in [-0.39, 0.29) is 12.5 Å². The predicted molar refractivity (Wildman–Crippen MR) is 53.4 cm³/mol. The first kappa shape index (κ1) is 12.0. The maximum atomic E-state index is 11.4. The summed E-state index contributed by atoms with van der Waals surface area (Å²) in [7, 11) is 1.72. The molecular weight excluding hydrogens is 198 g/mol. The molecule has 1 aliphatic rings. The first-order valence-corrected chi connectivity index (χ1v) is 5.04. The summed E-state index contributed by atoms with van der Waals surface area (Å²) >= 11 is 0. The lowest BCUT2D eigenvalue weighted by atomic mass is 10.3. The van der Waals surface area contributed by atoms with Crippen molar-refractivity contribution in [3.05, 3.63) is 0 Å². The van der Waals surface area contributed by atoms with Crippen molar-refractivity contribution in [2.75, 3.05) is 26.8 Å². The molecule has 1 rings (SSSR count). The van der Waals surface area contributed by atoms with Gasteiger partial charge in [-0.3, -0.25) is 4.79 Å². The Kier molecular flexibility index (Phi) is 4.08. The summed E-state index contributed by atoms with van der Waals surface area (Å²) in [5.41, 5.74) is 0. The number of hydrogen-bond donors (Lipinski definition) is 1. The highest BCUT2D eigenvalue weighted by Gasteiger charge is 2.34. The average molecular weight is 215 g/mol. The number of hydrogen-bond acceptors (Lipinski definition) is 3. The van der Waals surface area contributed by atoms with Gasteiger partial charge in [-0.15, -0.1) is 0 Å². The molecule has 0 radical (unpaired) electrons. The summed E-state index contributed by atoms with van der Waals surface area (Å²) in [5, 5.41) is 8.31. The Morgan fingerprint density at radius 2 is 2.07 bits per heavy atom. The fourth-order valence-electron chi connectivity index (χ4n) is 1.44. The molecule has 5 heteroatoms. The molecule has 0 spiro atoms. The Morgan fingerprint density at radius 1 is 1.47 bits per heavy atom. The second-order valence-corrected chi connectivity index (χ2v) is 4.13. The monoisotopic (exact) mass is 215 g/mol. The minimum Gasteiger partial charge on any atom is -0.480 e. The Morgan fingerprint density at radius 3 is 2.53 bits per heavy atom. The minimum atomic E-state index is -1.05. The quantitative estimate of drug-likeness (QED) is 0.687. The lowest BCUT2D eigenvalue weighted by Gasteiger charge is -2.16. The van der Waals surface area contributed by atoms with Crippen LogP contribution in [0, 0.1) is 11.8 Å². The van der Waals surface area contributed by atoms with Gasteiger partial charge in [-0.1, -0.05) is 6.92 Å². The molecule has 5 nitrogen and oxygen atoms in total. The number of ether oxygens (including phenoxy) is 1. The summed E-state index contributed by atoms with van der Waals surface area (Å²) < 4.78 is 4.72. The van der Waals surface area contributed by atoms with Gasteiger partial charge in [-0.05, 0) is 18.3 Å². The Balaban J connectivity index is 2.12. The molecule has 0 heterocycles. The van der Waals surface area contributed by atoms with Gasteiger partial charge in [0.1, 0.15) is 13.2 Å². The van der Waals surface area contributed by atoms with E-state index in [4.69, 9.17) is 9.84 Å². The maximum Gasteiger partial charge on any atom is 0.329 e. The molecule has 2 atom stereocenters. The van der Waals surface area contributed by atoms with E-state index in [0.717, 1.165) is 6.54 Å². The Labute approximate surface area is 89.0 Å². The van der Waals surface area contributed by atoms with Crippen molar-refractivity contribution in [3.63, 3.8) is 0 Å². The molecule has 1 aliphatic carbocycles. The molecule has 1 amide bonds. The van der Waals surface area contributed by atoms with Crippen LogP contribution in [-0.4, -0.2) is 48.7 Å². The Bertz CT molecular complexity index is 254. The van der Waals surface area contributed by atoms with Crippen LogP contribution in [-0.2, 0) is 14.3 Å². The van der Waals surface area contributed by atoms with Crippen LogP contribution < -0.4 is 0 Å². The molecule has 86 valence electrons. The van der Waals surface area contributed by atoms with Crippen molar-refractivity contribution in [2.24, 2.45) is 11.8 Å². The zero-order valence-corrected chi connectivity index (χ0v) is 9.10. The maximum absolute atomic E-state index is 11.4. The van der Waals surface area contributed by atoms with Gasteiger partial charge in [0.25, 0.3) is 0 Å². The first-order chi connectivity index (χ1) is 7.00. The first-order valence-electron chi connectivity index (χ1n) is 5.04. The molecule has 15 heavy (non-hydrogen) atoms. The average Bonchev–Trinajstić information content (AvgIpc) is 2.80. The summed E-state index contributed by atoms with van der Waals surface area (Å²) in [6, 6.07) is 0. The smallest absolute Gasteiger partial charge is 0.329 e. The number of rotatable bonds is 6. The summed E-state index contributed by atoms with van der Waals surface area (Å²) in [5.74, 6) is 0.107. The SMILES string of the molecule is CC1CC1CN(C)C(=O)COCC(=O)O. The van der Waals surface area contributed by atoms with Crippen molar-refractivity contribution in [3.8, 4) is 0 Å². The topological polar surface area (TPSA) is 66.8 Å². The molecule has 1 N–H and O–H groups in total. The van der Waals surface area contributed by atoms with Gasteiger partial charge in [0.2, 0.25) is 5.91 Å². The molecule has 0 saturated heterocycles. The van der Waals surface area contributed by atoms with Crippen molar-refractivity contribution >= 4 is 11.9 Å². The van der Waals surface area contributed by atoms with Crippen LogP contribution in [0.15, 0.2) is 0 Å². The zero-order chi connectivity index (χ0) is 11.4. The second-order valence-electron chi connectivity index (χ2n) is 4.13. The van der Waals surface area contributed by atoms with Crippen LogP contribution in [0.2, 0.25) is 0 Å². The van der Waals surface area contributed by atoms with E-state index in [2.05, 4.69) is 6.92 Å². The molecule has 0 aromatic carbocycles. The number of carbonyl (C=O) groups is 2. The Hall–Kier alpha value is -1.10. The van der Waals surface area contributed by atoms with E-state index < -0.39 is 12.6 Å². The highest BCUT2D eigenvalue weighted by atomic mass is 16.5. The molecule has 0 aliphatic heterocycles. The molecule has 1 saturated carbocycles. The fourth-order valence-corrected chi connectivity index (χ4v) is 1.44. The molecular formula is C10H17NO4. The number of carbonyl (C=O) groups excluding carboxylic acids is 1. The van der Waals surface area contributed by atoms with E-state index in [1.807, 2.05) is 0 Å². The van der Waals surface area contributed by atoms with E-state index in [9.17, 15) is 9.59 Å². The lowest BCUT2D eigenvalue weighted by Crippen LogP contribution is -2.32. The minimum absolute atomic E-state index is 0.149. The van der Waals surface area contributed by atoms with E-state index in [1.165, 1.54) is 6.42 Å². The molecule has 0 aromatic heterocycles. The third kappa shape index (κ3) is 4.29. The van der Waals surface area contributed by atoms with Crippen molar-refractivity contribution in [1.82, 2.24) is 4.90 Å². The zero-order valence-electron chi connectivity index (χ0n) is 9.10. The third-order valence-corrected chi connectivity index (χ3v) is 2.66. The summed E-state index contributed by atoms with van der Waals surface area (Å²) in [4.78, 5) is 23.1. The number of likely N-dealkylation sites (N-methyl/N-ethyl adjacent to an activating group) is 1. The standard InChI is InChI=1S/C10H17NO4/c1-7-3-8(7)4-11(2)9(12)5-15-6-10(13)14/h7-8H,3-6H2,1-2H3,(H,13,14). The van der Waals surface area contributed by atoms with E-state index >= 15 is 0 Å². The second kappa shape index (κ2) is 5.11. The van der Waals surface area contributed by atoms with Gasteiger partial charge in [0, 0.05) is 13.6 Å². The number of carboxylic acid groups (broad SMARTS) is 1. The largest absolute Gasteiger partial charge is 0.480 e. The van der Waals surface area contributed by atoms with Crippen LogP contribution in [0.4, 0.5) is 0 Å². The van der Waals surface area contributed by atoms with Crippen molar-refractivity contribution < 1.29 is 19.4 Å². The molecule has 0 aromatic rings. The number of nitrogens with zero attached hydrogens (tertiary/aromatic N) is 1. The van der Waals surface area contributed by atoms with Crippen LogP contribution in [0.5, 0.6) is 0 Å². The molecule has 0 bridgehead atoms. The molecule has 1 fully saturated rings. The van der Waals surface area contributed by atoms with Crippen LogP contribution >= 0.6 is 0 Å². The van der Waals surface area contributed by atoms with Gasteiger partial charge in [0.05, 0.1) is 0 Å². The van der Waals surface area contributed by atoms with Crippen LogP contribution in [0.25, 0.3) is 0 Å². The van der Waals surface area contributed by atoms with E-state index in [1.54, 1.807) is 11.9 Å². The fraction of sp³-hybridized carbons (Fsp3) is 0.800. The van der Waals surface area contributed by atoms with Gasteiger partial charge in [0.15, 0.2) is 0 Å².